The van der Waals surface area contributed by atoms with Crippen molar-refractivity contribution >= 4 is 6.03 Å². The van der Waals surface area contributed by atoms with Gasteiger partial charge in [-0.2, -0.15) is 13.2 Å². The van der Waals surface area contributed by atoms with E-state index in [1.165, 1.54) is 0 Å². The first-order chi connectivity index (χ1) is 6.31. The minimum atomic E-state index is -4.36. The molecule has 2 amide bonds. The van der Waals surface area contributed by atoms with E-state index in [1.807, 2.05) is 4.90 Å². The lowest BCUT2D eigenvalue weighted by Crippen LogP contribution is -2.42. The topological polar surface area (TPSA) is 44.4 Å². The average molecular weight is 213 g/mol. The Bertz CT molecular complexity index is 182. The van der Waals surface area contributed by atoms with Crippen molar-refractivity contribution in [2.24, 2.45) is 0 Å². The van der Waals surface area contributed by atoms with E-state index in [4.69, 9.17) is 0 Å². The first-order valence-corrected chi connectivity index (χ1v) is 4.04. The zero-order valence-electron chi connectivity index (χ0n) is 8.11. The van der Waals surface area contributed by atoms with Gasteiger partial charge in [-0.25, -0.2) is 4.79 Å². The number of nitrogens with zero attached hydrogens (tertiary/aromatic N) is 1. The molecule has 0 bridgehead atoms. The van der Waals surface area contributed by atoms with Crippen molar-refractivity contribution in [1.29, 1.82) is 0 Å². The molecule has 0 atom stereocenters. The molecule has 0 unspecified atom stereocenters. The van der Waals surface area contributed by atoms with Gasteiger partial charge in [-0.1, -0.05) is 0 Å². The zero-order valence-corrected chi connectivity index (χ0v) is 8.11. The second-order valence-corrected chi connectivity index (χ2v) is 3.03. The van der Waals surface area contributed by atoms with Crippen LogP contribution in [0.5, 0.6) is 0 Å². The lowest BCUT2D eigenvalue weighted by Gasteiger charge is -2.12. The van der Waals surface area contributed by atoms with Gasteiger partial charge in [0, 0.05) is 13.1 Å². The lowest BCUT2D eigenvalue weighted by molar-refractivity contribution is -0.122. The molecule has 0 aromatic heterocycles. The summed E-state index contributed by atoms with van der Waals surface area (Å²) >= 11 is 0. The van der Waals surface area contributed by atoms with Crippen molar-refractivity contribution in [2.75, 3.05) is 33.7 Å². The van der Waals surface area contributed by atoms with Crippen LogP contribution in [0.1, 0.15) is 0 Å². The molecule has 0 aromatic carbocycles. The summed E-state index contributed by atoms with van der Waals surface area (Å²) < 4.78 is 34.8. The molecule has 0 aliphatic rings. The fourth-order valence-corrected chi connectivity index (χ4v) is 0.636. The molecule has 0 saturated heterocycles. The maximum atomic E-state index is 11.6. The summed E-state index contributed by atoms with van der Waals surface area (Å²) in [6, 6.07) is -0.802. The number of urea groups is 1. The van der Waals surface area contributed by atoms with Gasteiger partial charge in [0.05, 0.1) is 0 Å². The highest BCUT2D eigenvalue weighted by atomic mass is 19.4. The highest BCUT2D eigenvalue weighted by Gasteiger charge is 2.27. The van der Waals surface area contributed by atoms with Crippen LogP contribution in [-0.4, -0.2) is 50.8 Å². The number of hydrogen-bond acceptors (Lipinski definition) is 2. The quantitative estimate of drug-likeness (QED) is 0.710. The number of halogens is 3. The van der Waals surface area contributed by atoms with Crippen molar-refractivity contribution in [2.45, 2.75) is 6.18 Å². The number of carbonyl (C=O) groups excluding carboxylic acids is 1. The maximum absolute atomic E-state index is 11.6. The van der Waals surface area contributed by atoms with E-state index in [2.05, 4.69) is 5.32 Å². The molecular formula is C7H14F3N3O. The Morgan fingerprint density at radius 2 is 1.86 bits per heavy atom. The average Bonchev–Trinajstić information content (AvgIpc) is 1.99. The van der Waals surface area contributed by atoms with Crippen LogP contribution in [0.3, 0.4) is 0 Å². The molecule has 7 heteroatoms. The van der Waals surface area contributed by atoms with Crippen LogP contribution >= 0.6 is 0 Å². The first kappa shape index (κ1) is 13.0. The second kappa shape index (κ2) is 5.69. The Morgan fingerprint density at radius 1 is 1.29 bits per heavy atom. The van der Waals surface area contributed by atoms with Crippen LogP contribution in [0.15, 0.2) is 0 Å². The van der Waals surface area contributed by atoms with Gasteiger partial charge >= 0.3 is 12.2 Å². The van der Waals surface area contributed by atoms with Gasteiger partial charge in [-0.3, -0.25) is 0 Å². The molecule has 2 N–H and O–H groups in total. The van der Waals surface area contributed by atoms with E-state index >= 15 is 0 Å². The normalized spacial score (nSPS) is 11.6. The fraction of sp³-hybridized carbons (Fsp3) is 0.857. The van der Waals surface area contributed by atoms with E-state index in [0.29, 0.717) is 13.1 Å². The smallest absolute Gasteiger partial charge is 0.337 e. The molecule has 0 spiro atoms. The molecular weight excluding hydrogens is 199 g/mol. The van der Waals surface area contributed by atoms with Gasteiger partial charge in [0.2, 0.25) is 0 Å². The predicted molar refractivity (Wildman–Crippen MR) is 46.0 cm³/mol. The number of likely N-dealkylation sites (N-methyl/N-ethyl adjacent to an activating group) is 1. The molecule has 0 fully saturated rings. The summed E-state index contributed by atoms with van der Waals surface area (Å²) in [5.74, 6) is 0. The second-order valence-electron chi connectivity index (χ2n) is 3.03. The number of carbonyl (C=O) groups is 1. The number of nitrogens with one attached hydrogen (secondary N) is 2. The zero-order chi connectivity index (χ0) is 11.2. The van der Waals surface area contributed by atoms with E-state index in [0.717, 1.165) is 0 Å². The Labute approximate surface area is 80.4 Å². The number of amides is 2. The summed E-state index contributed by atoms with van der Waals surface area (Å²) in [5.41, 5.74) is 0. The van der Waals surface area contributed by atoms with Gasteiger partial charge in [0.15, 0.2) is 0 Å². The van der Waals surface area contributed by atoms with Gasteiger partial charge in [0.1, 0.15) is 6.54 Å². The molecule has 0 radical (unpaired) electrons. The third kappa shape index (κ3) is 9.11. The molecule has 0 aliphatic heterocycles. The SMILES string of the molecule is CN(C)CCNC(=O)NCC(F)(F)F. The van der Waals surface area contributed by atoms with Crippen LogP contribution in [0.4, 0.5) is 18.0 Å². The number of rotatable bonds is 4. The minimum absolute atomic E-state index is 0.316. The van der Waals surface area contributed by atoms with E-state index in [1.54, 1.807) is 19.4 Å². The van der Waals surface area contributed by atoms with E-state index in [9.17, 15) is 18.0 Å². The maximum Gasteiger partial charge on any atom is 0.405 e. The molecule has 84 valence electrons. The van der Waals surface area contributed by atoms with Gasteiger partial charge < -0.3 is 15.5 Å². The Morgan fingerprint density at radius 3 is 2.29 bits per heavy atom. The molecule has 0 rings (SSSR count). The molecule has 14 heavy (non-hydrogen) atoms. The molecule has 0 saturated carbocycles. The number of alkyl halides is 3. The third-order valence-corrected chi connectivity index (χ3v) is 1.29. The van der Waals surface area contributed by atoms with Crippen LogP contribution in [0.25, 0.3) is 0 Å². The Kier molecular flexibility index (Phi) is 5.29. The van der Waals surface area contributed by atoms with Crippen molar-refractivity contribution in [3.8, 4) is 0 Å². The summed E-state index contributed by atoms with van der Waals surface area (Å²) in [7, 11) is 3.60. The first-order valence-electron chi connectivity index (χ1n) is 4.04. The summed E-state index contributed by atoms with van der Waals surface area (Å²) in [6.45, 7) is -0.406. The van der Waals surface area contributed by atoms with Crippen molar-refractivity contribution in [3.63, 3.8) is 0 Å². The standard InChI is InChI=1S/C7H14F3N3O/c1-13(2)4-3-11-6(14)12-5-7(8,9)10/h3-5H2,1-2H3,(H2,11,12,14). The van der Waals surface area contributed by atoms with Gasteiger partial charge in [0.25, 0.3) is 0 Å². The monoisotopic (exact) mass is 213 g/mol. The summed E-state index contributed by atoms with van der Waals surface area (Å²) in [4.78, 5) is 12.5. The summed E-state index contributed by atoms with van der Waals surface area (Å²) in [5, 5.41) is 4.00. The molecule has 0 aromatic rings. The van der Waals surface area contributed by atoms with Crippen molar-refractivity contribution in [3.05, 3.63) is 0 Å². The van der Waals surface area contributed by atoms with Crippen LogP contribution in [0.2, 0.25) is 0 Å². The fourth-order valence-electron chi connectivity index (χ4n) is 0.636. The van der Waals surface area contributed by atoms with E-state index < -0.39 is 18.8 Å². The van der Waals surface area contributed by atoms with Crippen LogP contribution in [-0.2, 0) is 0 Å². The molecule has 4 nitrogen and oxygen atoms in total. The highest BCUT2D eigenvalue weighted by Crippen LogP contribution is 2.11. The van der Waals surface area contributed by atoms with Crippen LogP contribution < -0.4 is 10.6 Å². The highest BCUT2D eigenvalue weighted by molar-refractivity contribution is 5.73. The van der Waals surface area contributed by atoms with E-state index in [-0.39, 0.29) is 0 Å². The predicted octanol–water partition coefficient (Wildman–Crippen LogP) is 0.410. The lowest BCUT2D eigenvalue weighted by atomic mass is 10.5. The van der Waals surface area contributed by atoms with Crippen molar-refractivity contribution < 1.29 is 18.0 Å². The minimum Gasteiger partial charge on any atom is -0.337 e. The summed E-state index contributed by atoms with van der Waals surface area (Å²) in [6.07, 6.45) is -4.36. The third-order valence-electron chi connectivity index (χ3n) is 1.29. The largest absolute Gasteiger partial charge is 0.405 e. The number of hydrogen-bond donors (Lipinski definition) is 2. The Balaban J connectivity index is 3.47. The Hall–Kier alpha value is -0.980. The van der Waals surface area contributed by atoms with Gasteiger partial charge in [-0.15, -0.1) is 0 Å². The molecule has 0 heterocycles. The van der Waals surface area contributed by atoms with Gasteiger partial charge in [-0.05, 0) is 14.1 Å². The van der Waals surface area contributed by atoms with Crippen LogP contribution in [0, 0.1) is 0 Å². The van der Waals surface area contributed by atoms with Crippen molar-refractivity contribution in [1.82, 2.24) is 15.5 Å². The molecule has 0 aliphatic carbocycles.